The van der Waals surface area contributed by atoms with Gasteiger partial charge in [0.05, 0.1) is 13.0 Å². The lowest BCUT2D eigenvalue weighted by Gasteiger charge is -2.08. The van der Waals surface area contributed by atoms with E-state index in [-0.39, 0.29) is 5.91 Å². The van der Waals surface area contributed by atoms with E-state index in [1.54, 1.807) is 0 Å². The Hall–Kier alpha value is -2.33. The summed E-state index contributed by atoms with van der Waals surface area (Å²) in [6.45, 7) is 3.00. The highest BCUT2D eigenvalue weighted by molar-refractivity contribution is 5.91. The Morgan fingerprint density at radius 2 is 1.57 bits per heavy atom. The first-order valence-corrected chi connectivity index (χ1v) is 7.07. The molecule has 110 valence electrons. The number of rotatable bonds is 7. The zero-order chi connectivity index (χ0) is 14.9. The quantitative estimate of drug-likeness (QED) is 0.760. The van der Waals surface area contributed by atoms with Crippen LogP contribution < -0.4 is 10.6 Å². The monoisotopic (exact) mass is 284 g/mol. The van der Waals surface area contributed by atoms with Crippen molar-refractivity contribution in [1.29, 1.82) is 0 Å². The van der Waals surface area contributed by atoms with Gasteiger partial charge in [-0.25, -0.2) is 0 Å². The van der Waals surface area contributed by atoms with Crippen molar-refractivity contribution >= 4 is 23.0 Å². The van der Waals surface area contributed by atoms with Crippen molar-refractivity contribution in [2.24, 2.45) is 0 Å². The highest BCUT2D eigenvalue weighted by Crippen LogP contribution is 2.18. The van der Waals surface area contributed by atoms with Gasteiger partial charge in [-0.05, 0) is 43.3 Å². The molecular weight excluding hydrogens is 264 g/mol. The zero-order valence-corrected chi connectivity index (χ0v) is 12.1. The highest BCUT2D eigenvalue weighted by Gasteiger charge is 2.02. The Morgan fingerprint density at radius 3 is 2.24 bits per heavy atom. The fourth-order valence-corrected chi connectivity index (χ4v) is 1.86. The second-order valence-corrected chi connectivity index (χ2v) is 4.56. The Balaban J connectivity index is 1.85. The maximum absolute atomic E-state index is 11.7. The summed E-state index contributed by atoms with van der Waals surface area (Å²) in [5, 5.41) is 6.14. The molecule has 0 unspecified atom stereocenters. The molecule has 4 nitrogen and oxygen atoms in total. The number of carbonyl (C=O) groups excluding carboxylic acids is 1. The van der Waals surface area contributed by atoms with Crippen LogP contribution in [0.4, 0.5) is 17.1 Å². The van der Waals surface area contributed by atoms with Crippen LogP contribution in [0.15, 0.2) is 54.6 Å². The van der Waals surface area contributed by atoms with Gasteiger partial charge in [0.15, 0.2) is 0 Å². The van der Waals surface area contributed by atoms with Gasteiger partial charge in [0, 0.05) is 23.7 Å². The van der Waals surface area contributed by atoms with Crippen LogP contribution in [0.2, 0.25) is 0 Å². The van der Waals surface area contributed by atoms with Crippen LogP contribution in [0.3, 0.4) is 0 Å². The summed E-state index contributed by atoms with van der Waals surface area (Å²) in [7, 11) is 0. The highest BCUT2D eigenvalue weighted by atomic mass is 16.5. The van der Waals surface area contributed by atoms with Crippen LogP contribution >= 0.6 is 0 Å². The minimum Gasteiger partial charge on any atom is -0.381 e. The predicted octanol–water partition coefficient (Wildman–Crippen LogP) is 3.80. The summed E-state index contributed by atoms with van der Waals surface area (Å²) < 4.78 is 5.16. The van der Waals surface area contributed by atoms with Crippen LogP contribution in [0.1, 0.15) is 13.3 Å². The number of anilines is 3. The molecule has 0 heterocycles. The second-order valence-electron chi connectivity index (χ2n) is 4.56. The molecule has 0 aromatic heterocycles. The van der Waals surface area contributed by atoms with E-state index in [0.29, 0.717) is 19.6 Å². The van der Waals surface area contributed by atoms with Crippen molar-refractivity contribution in [2.45, 2.75) is 13.3 Å². The third kappa shape index (κ3) is 5.28. The topological polar surface area (TPSA) is 50.4 Å². The van der Waals surface area contributed by atoms with E-state index in [4.69, 9.17) is 4.74 Å². The van der Waals surface area contributed by atoms with E-state index >= 15 is 0 Å². The van der Waals surface area contributed by atoms with E-state index in [9.17, 15) is 4.79 Å². The van der Waals surface area contributed by atoms with Crippen molar-refractivity contribution in [2.75, 3.05) is 23.8 Å². The number of nitrogens with one attached hydrogen (secondary N) is 2. The molecule has 0 radical (unpaired) electrons. The van der Waals surface area contributed by atoms with Crippen LogP contribution in [0.25, 0.3) is 0 Å². The molecule has 1 amide bonds. The molecule has 0 saturated carbocycles. The van der Waals surface area contributed by atoms with Crippen LogP contribution in [-0.4, -0.2) is 19.1 Å². The minimum atomic E-state index is -0.0350. The Kier molecular flexibility index (Phi) is 5.79. The van der Waals surface area contributed by atoms with Crippen molar-refractivity contribution < 1.29 is 9.53 Å². The lowest BCUT2D eigenvalue weighted by atomic mass is 10.2. The molecule has 0 bridgehead atoms. The van der Waals surface area contributed by atoms with Crippen molar-refractivity contribution in [3.05, 3.63) is 54.6 Å². The van der Waals surface area contributed by atoms with Gasteiger partial charge in [-0.1, -0.05) is 18.2 Å². The molecule has 4 heteroatoms. The largest absolute Gasteiger partial charge is 0.381 e. The summed E-state index contributed by atoms with van der Waals surface area (Å²) in [5.74, 6) is -0.0350. The summed E-state index contributed by atoms with van der Waals surface area (Å²) >= 11 is 0. The van der Waals surface area contributed by atoms with Gasteiger partial charge in [0.2, 0.25) is 5.91 Å². The normalized spacial score (nSPS) is 10.1. The molecule has 0 aliphatic rings. The minimum absolute atomic E-state index is 0.0350. The summed E-state index contributed by atoms with van der Waals surface area (Å²) in [6, 6.07) is 17.6. The van der Waals surface area contributed by atoms with Crippen LogP contribution in [0.5, 0.6) is 0 Å². The molecule has 2 aromatic rings. The number of carbonyl (C=O) groups is 1. The molecule has 2 rings (SSSR count). The van der Waals surface area contributed by atoms with Crippen molar-refractivity contribution in [1.82, 2.24) is 0 Å². The second kappa shape index (κ2) is 8.07. The van der Waals surface area contributed by atoms with Gasteiger partial charge < -0.3 is 15.4 Å². The molecule has 2 N–H and O–H groups in total. The predicted molar refractivity (Wildman–Crippen MR) is 85.9 cm³/mol. The van der Waals surface area contributed by atoms with Crippen molar-refractivity contribution in [3.8, 4) is 0 Å². The third-order valence-corrected chi connectivity index (χ3v) is 2.91. The molecule has 0 aliphatic carbocycles. The van der Waals surface area contributed by atoms with E-state index in [0.717, 1.165) is 17.1 Å². The Morgan fingerprint density at radius 1 is 0.952 bits per heavy atom. The van der Waals surface area contributed by atoms with Gasteiger partial charge in [-0.3, -0.25) is 4.79 Å². The van der Waals surface area contributed by atoms with Gasteiger partial charge in [0.1, 0.15) is 0 Å². The van der Waals surface area contributed by atoms with Crippen molar-refractivity contribution in [3.63, 3.8) is 0 Å². The molecule has 0 spiro atoms. The SMILES string of the molecule is CCOCCC(=O)Nc1ccc(Nc2ccccc2)cc1. The number of hydrogen-bond acceptors (Lipinski definition) is 3. The average Bonchev–Trinajstić information content (AvgIpc) is 2.51. The lowest BCUT2D eigenvalue weighted by Crippen LogP contribution is -2.14. The Labute approximate surface area is 125 Å². The van der Waals surface area contributed by atoms with Crippen LogP contribution in [0, 0.1) is 0 Å². The zero-order valence-electron chi connectivity index (χ0n) is 12.1. The van der Waals surface area contributed by atoms with E-state index in [1.807, 2.05) is 61.5 Å². The van der Waals surface area contributed by atoms with Gasteiger partial charge in [0.25, 0.3) is 0 Å². The first-order chi connectivity index (χ1) is 10.3. The fraction of sp³-hybridized carbons (Fsp3) is 0.235. The number of benzene rings is 2. The molecule has 0 atom stereocenters. The lowest BCUT2D eigenvalue weighted by molar-refractivity contribution is -0.117. The maximum atomic E-state index is 11.7. The molecule has 2 aromatic carbocycles. The van der Waals surface area contributed by atoms with Crippen LogP contribution in [-0.2, 0) is 9.53 Å². The molecular formula is C17H20N2O2. The average molecular weight is 284 g/mol. The molecule has 21 heavy (non-hydrogen) atoms. The number of ether oxygens (including phenoxy) is 1. The fourth-order valence-electron chi connectivity index (χ4n) is 1.86. The molecule has 0 saturated heterocycles. The first kappa shape index (κ1) is 15.1. The van der Waals surface area contributed by atoms with Gasteiger partial charge in [-0.2, -0.15) is 0 Å². The maximum Gasteiger partial charge on any atom is 0.226 e. The third-order valence-electron chi connectivity index (χ3n) is 2.91. The first-order valence-electron chi connectivity index (χ1n) is 7.07. The van der Waals surface area contributed by atoms with E-state index < -0.39 is 0 Å². The number of para-hydroxylation sites is 1. The summed E-state index contributed by atoms with van der Waals surface area (Å²) in [6.07, 6.45) is 0.373. The number of hydrogen-bond donors (Lipinski definition) is 2. The standard InChI is InChI=1S/C17H20N2O2/c1-2-21-13-12-17(20)19-16-10-8-15(9-11-16)18-14-6-4-3-5-7-14/h3-11,18H,2,12-13H2,1H3,(H,19,20). The molecule has 0 fully saturated rings. The number of amides is 1. The van der Waals surface area contributed by atoms with Gasteiger partial charge >= 0.3 is 0 Å². The summed E-state index contributed by atoms with van der Waals surface area (Å²) in [4.78, 5) is 11.7. The smallest absolute Gasteiger partial charge is 0.226 e. The molecule has 0 aliphatic heterocycles. The van der Waals surface area contributed by atoms with E-state index in [1.165, 1.54) is 0 Å². The van der Waals surface area contributed by atoms with Gasteiger partial charge in [-0.15, -0.1) is 0 Å². The summed E-state index contributed by atoms with van der Waals surface area (Å²) in [5.41, 5.74) is 2.80. The Bertz CT molecular complexity index is 553. The van der Waals surface area contributed by atoms with E-state index in [2.05, 4.69) is 10.6 Å².